The second-order valence-electron chi connectivity index (χ2n) is 5.70. The van der Waals surface area contributed by atoms with Crippen LogP contribution in [0.2, 0.25) is 0 Å². The lowest BCUT2D eigenvalue weighted by Crippen LogP contribution is -2.54. The molecule has 2 nitrogen and oxygen atoms in total. The van der Waals surface area contributed by atoms with Gasteiger partial charge in [0.15, 0.2) is 0 Å². The molecule has 110 valence electrons. The van der Waals surface area contributed by atoms with Crippen LogP contribution in [0.15, 0.2) is 24.3 Å². The first-order valence-corrected chi connectivity index (χ1v) is 7.16. The second kappa shape index (κ2) is 6.31. The van der Waals surface area contributed by atoms with Crippen LogP contribution in [0.4, 0.5) is 4.39 Å². The smallest absolute Gasteiger partial charge is 0.105 e. The fourth-order valence-electron chi connectivity index (χ4n) is 3.11. The van der Waals surface area contributed by atoms with E-state index in [1.807, 2.05) is 24.3 Å². The summed E-state index contributed by atoms with van der Waals surface area (Å²) in [5.41, 5.74) is 13.5. The van der Waals surface area contributed by atoms with Gasteiger partial charge in [-0.25, -0.2) is 4.39 Å². The van der Waals surface area contributed by atoms with Crippen molar-refractivity contribution in [2.75, 3.05) is 0 Å². The predicted molar refractivity (Wildman–Crippen MR) is 84.2 cm³/mol. The molecule has 0 aliphatic heterocycles. The summed E-state index contributed by atoms with van der Waals surface area (Å²) in [5, 5.41) is 0. The van der Waals surface area contributed by atoms with E-state index in [0.29, 0.717) is 19.3 Å². The van der Waals surface area contributed by atoms with E-state index in [-0.39, 0.29) is 5.92 Å². The number of terminal acetylenes is 1. The first kappa shape index (κ1) is 15.6. The summed E-state index contributed by atoms with van der Waals surface area (Å²) in [6, 6.07) is 7.24. The molecule has 1 aromatic rings. The molecule has 4 N–H and O–H groups in total. The first-order chi connectivity index (χ1) is 10.00. The summed E-state index contributed by atoms with van der Waals surface area (Å²) >= 11 is 0. The summed E-state index contributed by atoms with van der Waals surface area (Å²) < 4.78 is 14.0. The highest BCUT2D eigenvalue weighted by Gasteiger charge is 2.36. The summed E-state index contributed by atoms with van der Waals surface area (Å²) in [4.78, 5) is 0. The third-order valence-electron chi connectivity index (χ3n) is 4.15. The van der Waals surface area contributed by atoms with E-state index in [9.17, 15) is 4.39 Å². The SMILES string of the molecule is C#CC(N)C(N)(C#CC)CC1CC(F)Cc2ccccc21. The summed E-state index contributed by atoms with van der Waals surface area (Å²) in [6.07, 6.45) is 5.94. The average molecular weight is 284 g/mol. The number of hydrogen-bond acceptors (Lipinski definition) is 2. The lowest BCUT2D eigenvalue weighted by Gasteiger charge is -2.35. The molecule has 1 aliphatic carbocycles. The minimum absolute atomic E-state index is 0.00444. The van der Waals surface area contributed by atoms with Crippen molar-refractivity contribution in [2.24, 2.45) is 11.5 Å². The highest BCUT2D eigenvalue weighted by Crippen LogP contribution is 2.38. The van der Waals surface area contributed by atoms with Gasteiger partial charge in [-0.3, -0.25) is 0 Å². The molecule has 4 unspecified atom stereocenters. The number of nitrogens with two attached hydrogens (primary N) is 2. The molecule has 21 heavy (non-hydrogen) atoms. The van der Waals surface area contributed by atoms with E-state index in [0.717, 1.165) is 11.1 Å². The largest absolute Gasteiger partial charge is 0.315 e. The van der Waals surface area contributed by atoms with Crippen molar-refractivity contribution in [3.05, 3.63) is 35.4 Å². The number of benzene rings is 1. The van der Waals surface area contributed by atoms with Gasteiger partial charge in [-0.1, -0.05) is 36.1 Å². The van der Waals surface area contributed by atoms with Gasteiger partial charge in [0.2, 0.25) is 0 Å². The molecule has 1 aliphatic rings. The molecule has 0 amide bonds. The quantitative estimate of drug-likeness (QED) is 0.835. The Balaban J connectivity index is 2.33. The van der Waals surface area contributed by atoms with E-state index in [4.69, 9.17) is 17.9 Å². The van der Waals surface area contributed by atoms with Crippen LogP contribution < -0.4 is 11.5 Å². The van der Waals surface area contributed by atoms with E-state index >= 15 is 0 Å². The fourth-order valence-corrected chi connectivity index (χ4v) is 3.11. The monoisotopic (exact) mass is 284 g/mol. The minimum Gasteiger partial charge on any atom is -0.315 e. The molecule has 0 spiro atoms. The maximum atomic E-state index is 14.0. The van der Waals surface area contributed by atoms with Gasteiger partial charge >= 0.3 is 0 Å². The lowest BCUT2D eigenvalue weighted by molar-refractivity contribution is 0.258. The Morgan fingerprint density at radius 1 is 1.48 bits per heavy atom. The number of alkyl halides is 1. The topological polar surface area (TPSA) is 52.0 Å². The van der Waals surface area contributed by atoms with Gasteiger partial charge in [0.25, 0.3) is 0 Å². The molecule has 0 heterocycles. The van der Waals surface area contributed by atoms with Crippen molar-refractivity contribution in [3.63, 3.8) is 0 Å². The molecule has 0 radical (unpaired) electrons. The highest BCUT2D eigenvalue weighted by molar-refractivity contribution is 5.36. The number of rotatable bonds is 3. The van der Waals surface area contributed by atoms with Crippen molar-refractivity contribution in [3.8, 4) is 24.2 Å². The van der Waals surface area contributed by atoms with Crippen LogP contribution in [0.5, 0.6) is 0 Å². The third-order valence-corrected chi connectivity index (χ3v) is 4.15. The maximum absolute atomic E-state index is 14.0. The van der Waals surface area contributed by atoms with E-state index < -0.39 is 17.8 Å². The highest BCUT2D eigenvalue weighted by atomic mass is 19.1. The van der Waals surface area contributed by atoms with Crippen LogP contribution in [-0.4, -0.2) is 17.8 Å². The third kappa shape index (κ3) is 3.27. The zero-order chi connectivity index (χ0) is 15.5. The van der Waals surface area contributed by atoms with Crippen molar-refractivity contribution in [1.82, 2.24) is 0 Å². The molecule has 1 aromatic carbocycles. The van der Waals surface area contributed by atoms with E-state index in [1.54, 1.807) is 6.92 Å². The average Bonchev–Trinajstić information content (AvgIpc) is 2.46. The first-order valence-electron chi connectivity index (χ1n) is 7.16. The zero-order valence-corrected chi connectivity index (χ0v) is 12.3. The summed E-state index contributed by atoms with van der Waals surface area (Å²) in [5.74, 6) is 8.21. The number of halogens is 1. The van der Waals surface area contributed by atoms with Gasteiger partial charge in [-0.05, 0) is 36.8 Å². The van der Waals surface area contributed by atoms with Gasteiger partial charge in [0.05, 0.1) is 6.04 Å². The van der Waals surface area contributed by atoms with Crippen molar-refractivity contribution < 1.29 is 4.39 Å². The maximum Gasteiger partial charge on any atom is 0.105 e. The standard InChI is InChI=1S/C18H21FN2/c1-3-9-18(21,17(20)4-2)12-14-11-15(19)10-13-7-5-6-8-16(13)14/h2,5-8,14-15,17H,10-12,20-21H2,1H3. The minimum atomic E-state index is -0.988. The van der Waals surface area contributed by atoms with Crippen LogP contribution in [0, 0.1) is 24.2 Å². The summed E-state index contributed by atoms with van der Waals surface area (Å²) in [6.45, 7) is 1.71. The molecule has 0 saturated carbocycles. The van der Waals surface area contributed by atoms with E-state index in [2.05, 4.69) is 17.8 Å². The molecular weight excluding hydrogens is 263 g/mol. The van der Waals surface area contributed by atoms with Crippen LogP contribution in [0.25, 0.3) is 0 Å². The Labute approximate surface area is 126 Å². The Bertz CT molecular complexity index is 608. The predicted octanol–water partition coefficient (Wildman–Crippen LogP) is 2.13. The van der Waals surface area contributed by atoms with Gasteiger partial charge in [-0.2, -0.15) is 0 Å². The fraction of sp³-hybridized carbons (Fsp3) is 0.444. The number of fused-ring (bicyclic) bond motifs is 1. The Hall–Kier alpha value is -1.81. The van der Waals surface area contributed by atoms with Gasteiger partial charge in [0.1, 0.15) is 11.7 Å². The Morgan fingerprint density at radius 2 is 2.19 bits per heavy atom. The zero-order valence-electron chi connectivity index (χ0n) is 12.3. The molecule has 3 heteroatoms. The molecule has 0 aromatic heterocycles. The van der Waals surface area contributed by atoms with Gasteiger partial charge < -0.3 is 11.5 Å². The molecule has 0 fully saturated rings. The molecule has 0 saturated heterocycles. The van der Waals surface area contributed by atoms with Crippen LogP contribution in [0.1, 0.15) is 36.8 Å². The van der Waals surface area contributed by atoms with Crippen molar-refractivity contribution in [1.29, 1.82) is 0 Å². The lowest BCUT2D eigenvalue weighted by atomic mass is 9.73. The van der Waals surface area contributed by atoms with Crippen molar-refractivity contribution in [2.45, 2.75) is 49.9 Å². The van der Waals surface area contributed by atoms with Crippen molar-refractivity contribution >= 4 is 0 Å². The Kier molecular flexibility index (Phi) is 4.68. The summed E-state index contributed by atoms with van der Waals surface area (Å²) in [7, 11) is 0. The molecule has 4 atom stereocenters. The van der Waals surface area contributed by atoms with Crippen LogP contribution >= 0.6 is 0 Å². The Morgan fingerprint density at radius 3 is 2.86 bits per heavy atom. The van der Waals surface area contributed by atoms with Gasteiger partial charge in [-0.15, -0.1) is 12.3 Å². The normalized spacial score (nSPS) is 24.7. The van der Waals surface area contributed by atoms with Gasteiger partial charge in [0, 0.05) is 6.42 Å². The van der Waals surface area contributed by atoms with E-state index in [1.165, 1.54) is 0 Å². The molecule has 0 bridgehead atoms. The molecular formula is C18H21FN2. The van der Waals surface area contributed by atoms with Crippen LogP contribution in [-0.2, 0) is 6.42 Å². The number of hydrogen-bond donors (Lipinski definition) is 2. The second-order valence-corrected chi connectivity index (χ2v) is 5.70. The molecule has 2 rings (SSSR count). The van der Waals surface area contributed by atoms with Crippen LogP contribution in [0.3, 0.4) is 0 Å².